The van der Waals surface area contributed by atoms with E-state index in [2.05, 4.69) is 5.32 Å². The highest BCUT2D eigenvalue weighted by atomic mass is 16.5. The van der Waals surface area contributed by atoms with Gasteiger partial charge in [0.1, 0.15) is 5.75 Å². The van der Waals surface area contributed by atoms with Gasteiger partial charge in [-0.15, -0.1) is 0 Å². The second-order valence-corrected chi connectivity index (χ2v) is 4.67. The molecule has 0 aliphatic rings. The molecule has 0 radical (unpaired) electrons. The number of ether oxygens (including phenoxy) is 2. The molecule has 114 valence electrons. The van der Waals surface area contributed by atoms with Crippen LogP contribution in [0.15, 0.2) is 30.3 Å². The fraction of sp³-hybridized carbons (Fsp3) is 0.188. The Balaban J connectivity index is 2.74. The van der Waals surface area contributed by atoms with Gasteiger partial charge < -0.3 is 14.8 Å². The summed E-state index contributed by atoms with van der Waals surface area (Å²) in [6, 6.07) is 8.43. The molecule has 22 heavy (non-hydrogen) atoms. The smallest absolute Gasteiger partial charge is 0.308 e. The van der Waals surface area contributed by atoms with E-state index in [1.807, 2.05) is 0 Å². The molecule has 0 aliphatic carbocycles. The normalized spacial score (nSPS) is 10.1. The number of esters is 2. The minimum absolute atomic E-state index is 0.217. The molecule has 0 saturated carbocycles. The number of anilines is 1. The van der Waals surface area contributed by atoms with Crippen LogP contribution >= 0.6 is 0 Å². The molecule has 6 nitrogen and oxygen atoms in total. The Kier molecular flexibility index (Phi) is 4.41. The minimum Gasteiger partial charge on any atom is -0.426 e. The van der Waals surface area contributed by atoms with Crippen molar-refractivity contribution in [2.24, 2.45) is 0 Å². The molecule has 0 atom stereocenters. The van der Waals surface area contributed by atoms with Crippen molar-refractivity contribution in [1.29, 1.82) is 0 Å². The number of amides is 1. The van der Waals surface area contributed by atoms with Gasteiger partial charge in [-0.1, -0.05) is 24.3 Å². The fourth-order valence-corrected chi connectivity index (χ4v) is 2.09. The van der Waals surface area contributed by atoms with Gasteiger partial charge in [-0.05, 0) is 0 Å². The highest BCUT2D eigenvalue weighted by molar-refractivity contribution is 6.03. The lowest BCUT2D eigenvalue weighted by molar-refractivity contribution is -0.132. The van der Waals surface area contributed by atoms with E-state index in [4.69, 9.17) is 9.47 Å². The molecule has 2 aromatic carbocycles. The van der Waals surface area contributed by atoms with Gasteiger partial charge in [0.2, 0.25) is 5.91 Å². The topological polar surface area (TPSA) is 81.7 Å². The summed E-state index contributed by atoms with van der Waals surface area (Å²) in [5, 5.41) is 3.73. The summed E-state index contributed by atoms with van der Waals surface area (Å²) in [5.41, 5.74) is 0.262. The van der Waals surface area contributed by atoms with Crippen LogP contribution in [0.25, 0.3) is 10.8 Å². The van der Waals surface area contributed by atoms with Crippen molar-refractivity contribution in [3.05, 3.63) is 30.3 Å². The van der Waals surface area contributed by atoms with Crippen molar-refractivity contribution < 1.29 is 23.9 Å². The highest BCUT2D eigenvalue weighted by Gasteiger charge is 2.17. The SMILES string of the molecule is CC(=O)Nc1cc(OC(C)=O)c2ccccc2c1OC(C)=O. The zero-order chi connectivity index (χ0) is 16.3. The maximum Gasteiger partial charge on any atom is 0.308 e. The van der Waals surface area contributed by atoms with Gasteiger partial charge in [-0.2, -0.15) is 0 Å². The van der Waals surface area contributed by atoms with Crippen LogP contribution in [-0.2, 0) is 14.4 Å². The average molecular weight is 301 g/mol. The number of nitrogens with one attached hydrogen (secondary N) is 1. The van der Waals surface area contributed by atoms with Crippen LogP contribution < -0.4 is 14.8 Å². The third-order valence-electron chi connectivity index (χ3n) is 2.77. The molecule has 2 aromatic rings. The zero-order valence-electron chi connectivity index (χ0n) is 12.4. The summed E-state index contributed by atoms with van der Waals surface area (Å²) in [7, 11) is 0. The summed E-state index contributed by atoms with van der Waals surface area (Å²) in [5.74, 6) is -0.842. The Bertz CT molecular complexity index is 766. The second-order valence-electron chi connectivity index (χ2n) is 4.67. The van der Waals surface area contributed by atoms with Gasteiger partial charge in [-0.3, -0.25) is 14.4 Å². The van der Waals surface area contributed by atoms with Crippen molar-refractivity contribution in [3.63, 3.8) is 0 Å². The van der Waals surface area contributed by atoms with E-state index in [1.165, 1.54) is 26.8 Å². The van der Waals surface area contributed by atoms with Gasteiger partial charge >= 0.3 is 11.9 Å². The summed E-state index contributed by atoms with van der Waals surface area (Å²) in [6.07, 6.45) is 0. The zero-order valence-corrected chi connectivity index (χ0v) is 12.4. The molecule has 2 rings (SSSR count). The summed E-state index contributed by atoms with van der Waals surface area (Å²) >= 11 is 0. The molecule has 0 aliphatic heterocycles. The molecular weight excluding hydrogens is 286 g/mol. The van der Waals surface area contributed by atoms with E-state index in [0.717, 1.165) is 0 Å². The average Bonchev–Trinajstić information content (AvgIpc) is 2.41. The molecule has 1 N–H and O–H groups in total. The van der Waals surface area contributed by atoms with Crippen LogP contribution in [0.2, 0.25) is 0 Å². The van der Waals surface area contributed by atoms with E-state index in [9.17, 15) is 14.4 Å². The molecule has 0 saturated heterocycles. The molecule has 0 unspecified atom stereocenters. The first-order chi connectivity index (χ1) is 10.4. The van der Waals surface area contributed by atoms with Crippen LogP contribution in [0, 0.1) is 0 Å². The quantitative estimate of drug-likeness (QED) is 0.696. The van der Waals surface area contributed by atoms with Crippen molar-refractivity contribution >= 4 is 34.3 Å². The standard InChI is InChI=1S/C16H15NO5/c1-9(18)17-14-8-15(21-10(2)19)12-6-4-5-7-13(12)16(14)22-11(3)20/h4-8H,1-3H3,(H,17,18). The molecule has 0 fully saturated rings. The first-order valence-electron chi connectivity index (χ1n) is 6.58. The predicted octanol–water partition coefficient (Wildman–Crippen LogP) is 2.65. The van der Waals surface area contributed by atoms with Crippen LogP contribution in [0.1, 0.15) is 20.8 Å². The van der Waals surface area contributed by atoms with Gasteiger partial charge in [0, 0.05) is 37.6 Å². The number of hydrogen-bond acceptors (Lipinski definition) is 5. The lowest BCUT2D eigenvalue weighted by Crippen LogP contribution is -2.11. The summed E-state index contributed by atoms with van der Waals surface area (Å²) < 4.78 is 10.4. The highest BCUT2D eigenvalue weighted by Crippen LogP contribution is 2.40. The fourth-order valence-electron chi connectivity index (χ4n) is 2.09. The van der Waals surface area contributed by atoms with Crippen LogP contribution in [0.3, 0.4) is 0 Å². The van der Waals surface area contributed by atoms with E-state index < -0.39 is 11.9 Å². The monoisotopic (exact) mass is 301 g/mol. The van der Waals surface area contributed by atoms with Crippen molar-refractivity contribution in [3.8, 4) is 11.5 Å². The second kappa shape index (κ2) is 6.26. The Hall–Kier alpha value is -2.89. The Morgan fingerprint density at radius 3 is 2.05 bits per heavy atom. The van der Waals surface area contributed by atoms with E-state index in [-0.39, 0.29) is 23.1 Å². The molecule has 1 amide bonds. The molecular formula is C16H15NO5. The van der Waals surface area contributed by atoms with Gasteiger partial charge in [0.15, 0.2) is 5.75 Å². The number of benzene rings is 2. The minimum atomic E-state index is -0.517. The van der Waals surface area contributed by atoms with Crippen molar-refractivity contribution in [2.45, 2.75) is 20.8 Å². The molecule has 0 heterocycles. The lowest BCUT2D eigenvalue weighted by atomic mass is 10.1. The third-order valence-corrected chi connectivity index (χ3v) is 2.77. The summed E-state index contributed by atoms with van der Waals surface area (Å²) in [4.78, 5) is 34.0. The van der Waals surface area contributed by atoms with E-state index >= 15 is 0 Å². The molecule has 6 heteroatoms. The maximum atomic E-state index is 11.4. The predicted molar refractivity (Wildman–Crippen MR) is 80.9 cm³/mol. The Morgan fingerprint density at radius 2 is 1.50 bits per heavy atom. The first kappa shape index (κ1) is 15.5. The molecule has 0 bridgehead atoms. The Morgan fingerprint density at radius 1 is 0.909 bits per heavy atom. The van der Waals surface area contributed by atoms with Crippen molar-refractivity contribution in [2.75, 3.05) is 5.32 Å². The van der Waals surface area contributed by atoms with E-state index in [0.29, 0.717) is 10.8 Å². The summed E-state index contributed by atoms with van der Waals surface area (Å²) in [6.45, 7) is 3.89. The number of hydrogen-bond donors (Lipinski definition) is 1. The van der Waals surface area contributed by atoms with E-state index in [1.54, 1.807) is 24.3 Å². The first-order valence-corrected chi connectivity index (χ1v) is 6.58. The number of carbonyl (C=O) groups excluding carboxylic acids is 3. The van der Waals surface area contributed by atoms with Crippen LogP contribution in [0.5, 0.6) is 11.5 Å². The van der Waals surface area contributed by atoms with Gasteiger partial charge in [0.25, 0.3) is 0 Å². The number of rotatable bonds is 3. The van der Waals surface area contributed by atoms with Crippen LogP contribution in [0.4, 0.5) is 5.69 Å². The molecule has 0 spiro atoms. The number of carbonyl (C=O) groups is 3. The van der Waals surface area contributed by atoms with Crippen molar-refractivity contribution in [1.82, 2.24) is 0 Å². The lowest BCUT2D eigenvalue weighted by Gasteiger charge is -2.15. The van der Waals surface area contributed by atoms with Gasteiger partial charge in [0.05, 0.1) is 5.69 Å². The third kappa shape index (κ3) is 3.41. The number of fused-ring (bicyclic) bond motifs is 1. The van der Waals surface area contributed by atoms with Crippen LogP contribution in [-0.4, -0.2) is 17.8 Å². The largest absolute Gasteiger partial charge is 0.426 e. The van der Waals surface area contributed by atoms with Gasteiger partial charge in [-0.25, -0.2) is 0 Å². The maximum absolute atomic E-state index is 11.4. The molecule has 0 aromatic heterocycles. The Labute approximate surface area is 127 Å².